The summed E-state index contributed by atoms with van der Waals surface area (Å²) >= 11 is 0. The molecular weight excluding hydrogens is 424 g/mol. The molecule has 0 heterocycles. The Morgan fingerprint density at radius 3 is 2.28 bits per heavy atom. The molecule has 1 amide bonds. The van der Waals surface area contributed by atoms with Crippen LogP contribution >= 0.6 is 0 Å². The number of ether oxygens (including phenoxy) is 1. The molecule has 168 valence electrons. The van der Waals surface area contributed by atoms with Gasteiger partial charge in [0.1, 0.15) is 11.8 Å². The highest BCUT2D eigenvalue weighted by atomic mass is 32.2. The van der Waals surface area contributed by atoms with Gasteiger partial charge in [-0.3, -0.25) is 4.79 Å². The number of anilines is 1. The van der Waals surface area contributed by atoms with Gasteiger partial charge in [-0.25, -0.2) is 8.42 Å². The Labute approximate surface area is 189 Å². The first-order valence-electron chi connectivity index (χ1n) is 10.5. The van der Waals surface area contributed by atoms with Gasteiger partial charge in [0.15, 0.2) is 0 Å². The maximum atomic E-state index is 13.1. The predicted octanol–water partition coefficient (Wildman–Crippen LogP) is 4.23. The minimum Gasteiger partial charge on any atom is -0.494 e. The molecule has 32 heavy (non-hydrogen) atoms. The Kier molecular flexibility index (Phi) is 7.66. The molecular formula is C25H28N2O4S. The maximum absolute atomic E-state index is 13.1. The molecule has 0 radical (unpaired) electrons. The first-order valence-corrected chi connectivity index (χ1v) is 11.9. The van der Waals surface area contributed by atoms with E-state index in [1.54, 1.807) is 31.2 Å². The predicted molar refractivity (Wildman–Crippen MR) is 126 cm³/mol. The number of hydrogen-bond acceptors (Lipinski definition) is 4. The normalized spacial score (nSPS) is 12.2. The summed E-state index contributed by atoms with van der Waals surface area (Å²) in [6.45, 7) is 6.10. The molecule has 0 aromatic heterocycles. The number of aryl methyl sites for hydroxylation is 2. The Hall–Kier alpha value is -3.16. The van der Waals surface area contributed by atoms with E-state index >= 15 is 0 Å². The minimum atomic E-state index is -3.94. The van der Waals surface area contributed by atoms with E-state index in [-0.39, 0.29) is 11.3 Å². The summed E-state index contributed by atoms with van der Waals surface area (Å²) < 4.78 is 34.3. The highest BCUT2D eigenvalue weighted by Gasteiger charge is 2.26. The van der Waals surface area contributed by atoms with E-state index in [2.05, 4.69) is 10.0 Å². The van der Waals surface area contributed by atoms with Crippen molar-refractivity contribution in [3.8, 4) is 5.75 Å². The zero-order chi connectivity index (χ0) is 23.1. The lowest BCUT2D eigenvalue weighted by Gasteiger charge is -2.19. The molecule has 0 aliphatic rings. The summed E-state index contributed by atoms with van der Waals surface area (Å²) in [6.07, 6.45) is 0.216. The zero-order valence-corrected chi connectivity index (χ0v) is 19.3. The summed E-state index contributed by atoms with van der Waals surface area (Å²) in [7, 11) is -3.94. The molecule has 0 saturated heterocycles. The van der Waals surface area contributed by atoms with Crippen LogP contribution in [0.2, 0.25) is 0 Å². The van der Waals surface area contributed by atoms with Crippen molar-refractivity contribution in [1.82, 2.24) is 4.72 Å². The Bertz CT molecular complexity index is 1160. The highest BCUT2D eigenvalue weighted by molar-refractivity contribution is 7.89. The number of hydrogen-bond donors (Lipinski definition) is 2. The molecule has 0 bridgehead atoms. The molecule has 0 aliphatic carbocycles. The largest absolute Gasteiger partial charge is 0.494 e. The van der Waals surface area contributed by atoms with Crippen molar-refractivity contribution in [2.24, 2.45) is 0 Å². The summed E-state index contributed by atoms with van der Waals surface area (Å²) in [5.74, 6) is 0.202. The van der Waals surface area contributed by atoms with Gasteiger partial charge in [0.05, 0.1) is 11.5 Å². The SMILES string of the molecule is CCOc1ccc(S(=O)(=O)NC(Cc2ccccc2)C(=O)Nc2ccc(C)cc2)cc1C. The van der Waals surface area contributed by atoms with Crippen LogP contribution in [0.5, 0.6) is 5.75 Å². The fraction of sp³-hybridized carbons (Fsp3) is 0.240. The molecule has 0 aliphatic heterocycles. The van der Waals surface area contributed by atoms with Gasteiger partial charge in [-0.1, -0.05) is 48.0 Å². The number of amides is 1. The van der Waals surface area contributed by atoms with Gasteiger partial charge in [-0.05, 0) is 68.7 Å². The van der Waals surface area contributed by atoms with E-state index in [9.17, 15) is 13.2 Å². The first-order chi connectivity index (χ1) is 15.3. The number of benzene rings is 3. The molecule has 0 fully saturated rings. The fourth-order valence-electron chi connectivity index (χ4n) is 3.27. The summed E-state index contributed by atoms with van der Waals surface area (Å²) in [5.41, 5.74) is 3.23. The number of carbonyl (C=O) groups excluding carboxylic acids is 1. The van der Waals surface area contributed by atoms with Crippen LogP contribution in [0.1, 0.15) is 23.6 Å². The molecule has 1 atom stereocenters. The van der Waals surface area contributed by atoms with Crippen molar-refractivity contribution in [1.29, 1.82) is 0 Å². The smallest absolute Gasteiger partial charge is 0.242 e. The Balaban J connectivity index is 1.86. The van der Waals surface area contributed by atoms with E-state index < -0.39 is 22.0 Å². The zero-order valence-electron chi connectivity index (χ0n) is 18.5. The van der Waals surface area contributed by atoms with Crippen molar-refractivity contribution in [3.05, 3.63) is 89.5 Å². The second kappa shape index (κ2) is 10.4. The molecule has 2 N–H and O–H groups in total. The van der Waals surface area contributed by atoms with Gasteiger partial charge in [-0.2, -0.15) is 4.72 Å². The van der Waals surface area contributed by atoms with Gasteiger partial charge in [-0.15, -0.1) is 0 Å². The molecule has 3 rings (SSSR count). The minimum absolute atomic E-state index is 0.0830. The number of carbonyl (C=O) groups is 1. The van der Waals surface area contributed by atoms with E-state index in [0.717, 1.165) is 11.1 Å². The molecule has 7 heteroatoms. The second-order valence-corrected chi connectivity index (χ2v) is 9.29. The molecule has 6 nitrogen and oxygen atoms in total. The lowest BCUT2D eigenvalue weighted by Crippen LogP contribution is -2.45. The monoisotopic (exact) mass is 452 g/mol. The van der Waals surface area contributed by atoms with Crippen molar-refractivity contribution in [2.75, 3.05) is 11.9 Å². The van der Waals surface area contributed by atoms with Crippen molar-refractivity contribution < 1.29 is 17.9 Å². The quantitative estimate of drug-likeness (QED) is 0.509. The third-order valence-electron chi connectivity index (χ3n) is 4.97. The standard InChI is InChI=1S/C25H28N2O4S/c1-4-31-24-15-14-22(16-19(24)3)32(29,30)27-23(17-20-8-6-5-7-9-20)25(28)26-21-12-10-18(2)11-13-21/h5-16,23,27H,4,17H2,1-3H3,(H,26,28). The maximum Gasteiger partial charge on any atom is 0.242 e. The van der Waals surface area contributed by atoms with Crippen LogP contribution in [0.3, 0.4) is 0 Å². The summed E-state index contributed by atoms with van der Waals surface area (Å²) in [6, 6.07) is 20.3. The molecule has 3 aromatic rings. The van der Waals surface area contributed by atoms with Crippen LogP contribution in [-0.2, 0) is 21.2 Å². The van der Waals surface area contributed by atoms with Gasteiger partial charge in [0.25, 0.3) is 0 Å². The van der Waals surface area contributed by atoms with Crippen molar-refractivity contribution in [2.45, 2.75) is 38.1 Å². The van der Waals surface area contributed by atoms with Gasteiger partial charge >= 0.3 is 0 Å². The summed E-state index contributed by atoms with van der Waals surface area (Å²) in [5, 5.41) is 2.81. The number of nitrogens with one attached hydrogen (secondary N) is 2. The van der Waals surface area contributed by atoms with Gasteiger partial charge < -0.3 is 10.1 Å². The third kappa shape index (κ3) is 6.18. The number of sulfonamides is 1. The van der Waals surface area contributed by atoms with Gasteiger partial charge in [0, 0.05) is 5.69 Å². The highest BCUT2D eigenvalue weighted by Crippen LogP contribution is 2.22. The van der Waals surface area contributed by atoms with Crippen LogP contribution in [0, 0.1) is 13.8 Å². The Morgan fingerprint density at radius 2 is 1.66 bits per heavy atom. The molecule has 0 spiro atoms. The van der Waals surface area contributed by atoms with Crippen molar-refractivity contribution in [3.63, 3.8) is 0 Å². The average Bonchev–Trinajstić information content (AvgIpc) is 2.77. The van der Waals surface area contributed by atoms with E-state index in [1.165, 1.54) is 6.07 Å². The van der Waals surface area contributed by atoms with Crippen LogP contribution in [-0.4, -0.2) is 27.0 Å². The lowest BCUT2D eigenvalue weighted by atomic mass is 10.1. The fourth-order valence-corrected chi connectivity index (χ4v) is 4.55. The Morgan fingerprint density at radius 1 is 0.969 bits per heavy atom. The molecule has 1 unspecified atom stereocenters. The summed E-state index contributed by atoms with van der Waals surface area (Å²) in [4.78, 5) is 13.1. The van der Waals surface area contributed by atoms with Crippen LogP contribution in [0.4, 0.5) is 5.69 Å². The van der Waals surface area contributed by atoms with E-state index in [1.807, 2.05) is 56.3 Å². The van der Waals surface area contributed by atoms with Crippen molar-refractivity contribution >= 4 is 21.6 Å². The van der Waals surface area contributed by atoms with E-state index in [4.69, 9.17) is 4.74 Å². The van der Waals surface area contributed by atoms with E-state index in [0.29, 0.717) is 23.6 Å². The number of rotatable bonds is 9. The van der Waals surface area contributed by atoms with Crippen LogP contribution in [0.15, 0.2) is 77.7 Å². The lowest BCUT2D eigenvalue weighted by molar-refractivity contribution is -0.117. The topological polar surface area (TPSA) is 84.5 Å². The third-order valence-corrected chi connectivity index (χ3v) is 6.44. The molecule has 3 aromatic carbocycles. The van der Waals surface area contributed by atoms with Gasteiger partial charge in [0.2, 0.25) is 15.9 Å². The molecule has 0 saturated carbocycles. The first kappa shape index (κ1) is 23.5. The second-order valence-electron chi connectivity index (χ2n) is 7.58. The van der Waals surface area contributed by atoms with Crippen LogP contribution in [0.25, 0.3) is 0 Å². The van der Waals surface area contributed by atoms with Crippen LogP contribution < -0.4 is 14.8 Å². The average molecular weight is 453 g/mol.